The van der Waals surface area contributed by atoms with E-state index in [1.165, 1.54) is 0 Å². The lowest BCUT2D eigenvalue weighted by atomic mass is 10.4. The van der Waals surface area contributed by atoms with E-state index < -0.39 is 10.0 Å². The van der Waals surface area contributed by atoms with Crippen molar-refractivity contribution in [3.05, 3.63) is 17.8 Å². The molecule has 0 fully saturated rings. The van der Waals surface area contributed by atoms with E-state index in [-0.39, 0.29) is 15.9 Å². The molecule has 1 aromatic heterocycles. The highest BCUT2D eigenvalue weighted by Gasteiger charge is 2.20. The van der Waals surface area contributed by atoms with E-state index in [1.807, 2.05) is 0 Å². The van der Waals surface area contributed by atoms with Gasteiger partial charge in [-0.2, -0.15) is 0 Å². The second-order valence-corrected chi connectivity index (χ2v) is 6.20. The van der Waals surface area contributed by atoms with Gasteiger partial charge in [0.05, 0.1) is 5.69 Å². The van der Waals surface area contributed by atoms with Crippen molar-refractivity contribution in [2.24, 2.45) is 0 Å². The summed E-state index contributed by atoms with van der Waals surface area (Å²) in [6.07, 6.45) is 0. The maximum Gasteiger partial charge on any atom is 0.252 e. The molecule has 0 saturated heterocycles. The van der Waals surface area contributed by atoms with Gasteiger partial charge in [0.1, 0.15) is 0 Å². The number of aromatic nitrogens is 1. The van der Waals surface area contributed by atoms with E-state index >= 15 is 0 Å². The number of nitrogens with zero attached hydrogens (tertiary/aromatic N) is 1. The third-order valence-electron chi connectivity index (χ3n) is 1.58. The lowest BCUT2D eigenvalue weighted by Gasteiger charge is -2.04. The SMILES string of the molecule is C=C(C)CNS(=O)(=O)c1sc(N)nc1C. The van der Waals surface area contributed by atoms with Crippen LogP contribution in [-0.2, 0) is 10.0 Å². The van der Waals surface area contributed by atoms with Crippen molar-refractivity contribution in [3.8, 4) is 0 Å². The molecule has 5 nitrogen and oxygen atoms in total. The van der Waals surface area contributed by atoms with E-state index in [0.717, 1.165) is 16.9 Å². The van der Waals surface area contributed by atoms with Crippen LogP contribution in [0.1, 0.15) is 12.6 Å². The Labute approximate surface area is 93.1 Å². The first kappa shape index (κ1) is 12.2. The van der Waals surface area contributed by atoms with Crippen molar-refractivity contribution < 1.29 is 8.42 Å². The molecular weight excluding hydrogens is 234 g/mol. The van der Waals surface area contributed by atoms with Gasteiger partial charge in [0.15, 0.2) is 9.34 Å². The first-order valence-corrected chi connectivity index (χ1v) is 6.50. The van der Waals surface area contributed by atoms with Crippen molar-refractivity contribution in [2.45, 2.75) is 18.1 Å². The van der Waals surface area contributed by atoms with Crippen molar-refractivity contribution in [2.75, 3.05) is 12.3 Å². The lowest BCUT2D eigenvalue weighted by Crippen LogP contribution is -2.25. The monoisotopic (exact) mass is 247 g/mol. The number of sulfonamides is 1. The second kappa shape index (κ2) is 4.30. The largest absolute Gasteiger partial charge is 0.375 e. The third-order valence-corrected chi connectivity index (χ3v) is 4.58. The van der Waals surface area contributed by atoms with Gasteiger partial charge in [0, 0.05) is 6.54 Å². The Morgan fingerprint density at radius 1 is 1.67 bits per heavy atom. The molecule has 0 atom stereocenters. The number of nitrogen functional groups attached to an aromatic ring is 1. The fourth-order valence-electron chi connectivity index (χ4n) is 0.936. The van der Waals surface area contributed by atoms with Crippen LogP contribution in [0.4, 0.5) is 5.13 Å². The zero-order chi connectivity index (χ0) is 11.6. The molecule has 1 rings (SSSR count). The molecule has 7 heteroatoms. The number of hydrogen-bond acceptors (Lipinski definition) is 5. The molecule has 1 heterocycles. The molecule has 15 heavy (non-hydrogen) atoms. The first-order chi connectivity index (χ1) is 6.83. The van der Waals surface area contributed by atoms with E-state index in [1.54, 1.807) is 13.8 Å². The van der Waals surface area contributed by atoms with E-state index in [9.17, 15) is 8.42 Å². The topological polar surface area (TPSA) is 85.1 Å². The predicted molar refractivity (Wildman–Crippen MR) is 61.3 cm³/mol. The summed E-state index contributed by atoms with van der Waals surface area (Å²) in [7, 11) is -3.50. The molecule has 0 unspecified atom stereocenters. The molecule has 0 aromatic carbocycles. The number of thiazole rings is 1. The summed E-state index contributed by atoms with van der Waals surface area (Å²) in [6.45, 7) is 7.20. The minimum Gasteiger partial charge on any atom is -0.375 e. The predicted octanol–water partition coefficient (Wildman–Crippen LogP) is 0.888. The fourth-order valence-corrected chi connectivity index (χ4v) is 3.38. The van der Waals surface area contributed by atoms with Gasteiger partial charge < -0.3 is 5.73 Å². The maximum atomic E-state index is 11.7. The van der Waals surface area contributed by atoms with Gasteiger partial charge in [-0.3, -0.25) is 0 Å². The van der Waals surface area contributed by atoms with Crippen LogP contribution in [0.25, 0.3) is 0 Å². The summed E-state index contributed by atoms with van der Waals surface area (Å²) < 4.78 is 26.1. The van der Waals surface area contributed by atoms with Crippen molar-refractivity contribution in [1.29, 1.82) is 0 Å². The number of anilines is 1. The molecule has 0 amide bonds. The molecule has 0 saturated carbocycles. The minimum atomic E-state index is -3.50. The first-order valence-electron chi connectivity index (χ1n) is 4.20. The quantitative estimate of drug-likeness (QED) is 0.774. The highest BCUT2D eigenvalue weighted by atomic mass is 32.2. The zero-order valence-corrected chi connectivity index (χ0v) is 10.2. The number of hydrogen-bond donors (Lipinski definition) is 2. The number of nitrogens with two attached hydrogens (primary N) is 1. The van der Waals surface area contributed by atoms with Gasteiger partial charge in [0.2, 0.25) is 0 Å². The molecule has 84 valence electrons. The Balaban J connectivity index is 2.96. The smallest absolute Gasteiger partial charge is 0.252 e. The summed E-state index contributed by atoms with van der Waals surface area (Å²) in [5.74, 6) is 0. The standard InChI is InChI=1S/C8H13N3O2S2/c1-5(2)4-10-15(12,13)7-6(3)11-8(9)14-7/h10H,1,4H2,2-3H3,(H2,9,11). The maximum absolute atomic E-state index is 11.7. The number of nitrogens with one attached hydrogen (secondary N) is 1. The number of aryl methyl sites for hydroxylation is 1. The number of rotatable bonds is 4. The molecule has 1 aromatic rings. The highest BCUT2D eigenvalue weighted by molar-refractivity contribution is 7.91. The van der Waals surface area contributed by atoms with Crippen LogP contribution >= 0.6 is 11.3 Å². The molecule has 0 radical (unpaired) electrons. The molecule has 0 aliphatic carbocycles. The fraction of sp³-hybridized carbons (Fsp3) is 0.375. The summed E-state index contributed by atoms with van der Waals surface area (Å²) in [5.41, 5.74) is 6.60. The van der Waals surface area contributed by atoms with E-state index in [2.05, 4.69) is 16.3 Å². The third kappa shape index (κ3) is 3.01. The van der Waals surface area contributed by atoms with Gasteiger partial charge in [-0.1, -0.05) is 23.5 Å². The van der Waals surface area contributed by atoms with Gasteiger partial charge >= 0.3 is 0 Å². The molecule has 0 aliphatic rings. The van der Waals surface area contributed by atoms with Gasteiger partial charge in [0.25, 0.3) is 10.0 Å². The van der Waals surface area contributed by atoms with Crippen LogP contribution in [0, 0.1) is 6.92 Å². The van der Waals surface area contributed by atoms with Crippen molar-refractivity contribution in [1.82, 2.24) is 9.71 Å². The van der Waals surface area contributed by atoms with Gasteiger partial charge in [-0.05, 0) is 13.8 Å². The Hall–Kier alpha value is -0.920. The summed E-state index contributed by atoms with van der Waals surface area (Å²) in [4.78, 5) is 3.86. The molecule has 0 bridgehead atoms. The van der Waals surface area contributed by atoms with Gasteiger partial charge in [-0.15, -0.1) is 0 Å². The Morgan fingerprint density at radius 2 is 2.27 bits per heavy atom. The Bertz CT molecular complexity index is 476. The lowest BCUT2D eigenvalue weighted by molar-refractivity contribution is 0.586. The summed E-state index contributed by atoms with van der Waals surface area (Å²) >= 11 is 0.960. The molecule has 0 spiro atoms. The average molecular weight is 247 g/mol. The van der Waals surface area contributed by atoms with Crippen molar-refractivity contribution in [3.63, 3.8) is 0 Å². The van der Waals surface area contributed by atoms with Crippen LogP contribution in [0.5, 0.6) is 0 Å². The van der Waals surface area contributed by atoms with Crippen LogP contribution in [0.2, 0.25) is 0 Å². The van der Waals surface area contributed by atoms with Crippen LogP contribution < -0.4 is 10.5 Å². The molecule has 0 aliphatic heterocycles. The van der Waals surface area contributed by atoms with E-state index in [0.29, 0.717) is 5.69 Å². The minimum absolute atomic E-state index is 0.168. The molecular formula is C8H13N3O2S2. The average Bonchev–Trinajstić information content (AvgIpc) is 2.43. The Morgan fingerprint density at radius 3 is 2.67 bits per heavy atom. The van der Waals surface area contributed by atoms with E-state index in [4.69, 9.17) is 5.73 Å². The highest BCUT2D eigenvalue weighted by Crippen LogP contribution is 2.24. The van der Waals surface area contributed by atoms with Crippen LogP contribution in [0.3, 0.4) is 0 Å². The van der Waals surface area contributed by atoms with Crippen molar-refractivity contribution >= 4 is 26.5 Å². The normalized spacial score (nSPS) is 11.6. The zero-order valence-electron chi connectivity index (χ0n) is 8.57. The second-order valence-electron chi connectivity index (χ2n) is 3.21. The summed E-state index contributed by atoms with van der Waals surface area (Å²) in [5, 5.41) is 0.253. The van der Waals surface area contributed by atoms with Gasteiger partial charge in [-0.25, -0.2) is 18.1 Å². The van der Waals surface area contributed by atoms with Crippen LogP contribution in [0.15, 0.2) is 16.4 Å². The van der Waals surface area contributed by atoms with Crippen LogP contribution in [-0.4, -0.2) is 19.9 Å². The Kier molecular flexibility index (Phi) is 3.48. The summed E-state index contributed by atoms with van der Waals surface area (Å²) in [6, 6.07) is 0. The molecule has 3 N–H and O–H groups in total.